The molecule has 0 radical (unpaired) electrons. The van der Waals surface area contributed by atoms with Crippen molar-refractivity contribution in [2.24, 2.45) is 11.1 Å². The van der Waals surface area contributed by atoms with E-state index in [1.54, 1.807) is 0 Å². The quantitative estimate of drug-likeness (QED) is 0.806. The Hall–Kier alpha value is -0.970. The maximum Gasteiger partial charge on any atom is 0.165 e. The van der Waals surface area contributed by atoms with Crippen LogP contribution in [-0.4, -0.2) is 37.2 Å². The van der Waals surface area contributed by atoms with E-state index < -0.39 is 0 Å². The summed E-state index contributed by atoms with van der Waals surface area (Å²) in [5.41, 5.74) is 7.61. The minimum atomic E-state index is 0. The Labute approximate surface area is 153 Å². The average molecular weight is 357 g/mol. The Bertz CT molecular complexity index is 508. The summed E-state index contributed by atoms with van der Waals surface area (Å²) >= 11 is 0. The first-order valence-electron chi connectivity index (χ1n) is 8.83. The van der Waals surface area contributed by atoms with E-state index in [0.29, 0.717) is 13.2 Å². The number of nitrogens with zero attached hydrogens (tertiary/aromatic N) is 1. The van der Waals surface area contributed by atoms with Crippen molar-refractivity contribution >= 4 is 12.4 Å². The van der Waals surface area contributed by atoms with Gasteiger partial charge in [0.05, 0.1) is 13.2 Å². The first kappa shape index (κ1) is 21.1. The molecule has 24 heavy (non-hydrogen) atoms. The van der Waals surface area contributed by atoms with E-state index in [0.717, 1.165) is 44.0 Å². The number of piperidine rings is 1. The van der Waals surface area contributed by atoms with Crippen LogP contribution >= 0.6 is 12.4 Å². The first-order valence-corrected chi connectivity index (χ1v) is 8.83. The zero-order chi connectivity index (χ0) is 16.9. The smallest absolute Gasteiger partial charge is 0.165 e. The normalized spacial score (nSPS) is 20.3. The third-order valence-electron chi connectivity index (χ3n) is 4.60. The monoisotopic (exact) mass is 356 g/mol. The lowest BCUT2D eigenvalue weighted by Crippen LogP contribution is -2.52. The summed E-state index contributed by atoms with van der Waals surface area (Å²) in [6.07, 6.45) is 2.04. The molecule has 1 heterocycles. The standard InChI is InChI=1S/C19H32N2O2.ClH/c1-5-12-23-18-15(8-7-9-16(18)22-6-2)13-21-11-10-17(20)19(3,4)14-21;/h7-9,17H,5-6,10-14,20H2,1-4H3;1H. The molecular weight excluding hydrogens is 324 g/mol. The van der Waals surface area contributed by atoms with Gasteiger partial charge in [0.1, 0.15) is 0 Å². The van der Waals surface area contributed by atoms with Crippen LogP contribution in [0.1, 0.15) is 46.1 Å². The Morgan fingerprint density at radius 3 is 2.62 bits per heavy atom. The minimum absolute atomic E-state index is 0. The zero-order valence-corrected chi connectivity index (χ0v) is 16.3. The Morgan fingerprint density at radius 1 is 1.25 bits per heavy atom. The summed E-state index contributed by atoms with van der Waals surface area (Å²) in [6, 6.07) is 6.48. The Kier molecular flexibility index (Phi) is 8.34. The third-order valence-corrected chi connectivity index (χ3v) is 4.60. The molecule has 1 aromatic carbocycles. The largest absolute Gasteiger partial charge is 0.490 e. The van der Waals surface area contributed by atoms with Gasteiger partial charge in [0.15, 0.2) is 11.5 Å². The molecular formula is C19H33ClN2O2. The summed E-state index contributed by atoms with van der Waals surface area (Å²) in [5.74, 6) is 1.76. The van der Waals surface area contributed by atoms with E-state index in [-0.39, 0.29) is 23.9 Å². The van der Waals surface area contributed by atoms with Crippen molar-refractivity contribution in [3.8, 4) is 11.5 Å². The van der Waals surface area contributed by atoms with Crippen LogP contribution in [-0.2, 0) is 6.54 Å². The number of para-hydroxylation sites is 1. The van der Waals surface area contributed by atoms with Crippen LogP contribution in [0, 0.1) is 5.41 Å². The van der Waals surface area contributed by atoms with Gasteiger partial charge in [0.2, 0.25) is 0 Å². The van der Waals surface area contributed by atoms with Crippen molar-refractivity contribution in [2.75, 3.05) is 26.3 Å². The maximum absolute atomic E-state index is 6.26. The number of rotatable bonds is 7. The number of hydrogen-bond acceptors (Lipinski definition) is 4. The number of benzene rings is 1. The van der Waals surface area contributed by atoms with Gasteiger partial charge in [-0.3, -0.25) is 4.90 Å². The number of hydrogen-bond donors (Lipinski definition) is 1. The predicted octanol–water partition coefficient (Wildman–Crippen LogP) is 3.86. The van der Waals surface area contributed by atoms with Gasteiger partial charge in [-0.15, -0.1) is 12.4 Å². The van der Waals surface area contributed by atoms with Crippen molar-refractivity contribution < 1.29 is 9.47 Å². The van der Waals surface area contributed by atoms with E-state index in [1.807, 2.05) is 13.0 Å². The first-order chi connectivity index (χ1) is 11.0. The molecule has 1 unspecified atom stereocenters. The van der Waals surface area contributed by atoms with Gasteiger partial charge < -0.3 is 15.2 Å². The second-order valence-corrected chi connectivity index (χ2v) is 7.12. The van der Waals surface area contributed by atoms with E-state index in [1.165, 1.54) is 5.56 Å². The van der Waals surface area contributed by atoms with Gasteiger partial charge in [-0.2, -0.15) is 0 Å². The van der Waals surface area contributed by atoms with E-state index in [9.17, 15) is 0 Å². The third kappa shape index (κ3) is 5.27. The molecule has 0 saturated carbocycles. The summed E-state index contributed by atoms with van der Waals surface area (Å²) < 4.78 is 11.8. The lowest BCUT2D eigenvalue weighted by molar-refractivity contribution is 0.0888. The van der Waals surface area contributed by atoms with Gasteiger partial charge in [-0.25, -0.2) is 0 Å². The van der Waals surface area contributed by atoms with Crippen LogP contribution < -0.4 is 15.2 Å². The summed E-state index contributed by atoms with van der Waals surface area (Å²) in [7, 11) is 0. The molecule has 1 aromatic rings. The van der Waals surface area contributed by atoms with Crippen LogP contribution in [0.5, 0.6) is 11.5 Å². The lowest BCUT2D eigenvalue weighted by Gasteiger charge is -2.42. The van der Waals surface area contributed by atoms with Crippen LogP contribution in [0.15, 0.2) is 18.2 Å². The molecule has 0 aromatic heterocycles. The highest BCUT2D eigenvalue weighted by Crippen LogP contribution is 2.34. The second kappa shape index (κ2) is 9.50. The van der Waals surface area contributed by atoms with E-state index >= 15 is 0 Å². The molecule has 4 nitrogen and oxygen atoms in total. The van der Waals surface area contributed by atoms with E-state index in [2.05, 4.69) is 37.8 Å². The second-order valence-electron chi connectivity index (χ2n) is 7.12. The highest BCUT2D eigenvalue weighted by Gasteiger charge is 2.33. The average Bonchev–Trinajstić information content (AvgIpc) is 2.50. The van der Waals surface area contributed by atoms with Crippen molar-refractivity contribution in [2.45, 2.75) is 53.1 Å². The number of ether oxygens (including phenoxy) is 2. The fraction of sp³-hybridized carbons (Fsp3) is 0.684. The number of likely N-dealkylation sites (tertiary alicyclic amines) is 1. The molecule has 1 fully saturated rings. The summed E-state index contributed by atoms with van der Waals surface area (Å²) in [6.45, 7) is 12.9. The highest BCUT2D eigenvalue weighted by molar-refractivity contribution is 5.85. The topological polar surface area (TPSA) is 47.7 Å². The maximum atomic E-state index is 6.26. The summed E-state index contributed by atoms with van der Waals surface area (Å²) in [5, 5.41) is 0. The molecule has 2 N–H and O–H groups in total. The molecule has 0 amide bonds. The molecule has 1 aliphatic heterocycles. The van der Waals surface area contributed by atoms with Gasteiger partial charge >= 0.3 is 0 Å². The Morgan fingerprint density at radius 2 is 2.00 bits per heavy atom. The zero-order valence-electron chi connectivity index (χ0n) is 15.5. The molecule has 0 bridgehead atoms. The van der Waals surface area contributed by atoms with Crippen LogP contribution in [0.4, 0.5) is 0 Å². The Balaban J connectivity index is 0.00000288. The molecule has 1 atom stereocenters. The highest BCUT2D eigenvalue weighted by atomic mass is 35.5. The van der Waals surface area contributed by atoms with Crippen LogP contribution in [0.25, 0.3) is 0 Å². The molecule has 0 aliphatic carbocycles. The van der Waals surface area contributed by atoms with E-state index in [4.69, 9.17) is 15.2 Å². The molecule has 1 saturated heterocycles. The summed E-state index contributed by atoms with van der Waals surface area (Å²) in [4.78, 5) is 2.48. The fourth-order valence-corrected chi connectivity index (χ4v) is 3.18. The lowest BCUT2D eigenvalue weighted by atomic mass is 9.79. The van der Waals surface area contributed by atoms with Gasteiger partial charge in [-0.05, 0) is 31.2 Å². The van der Waals surface area contributed by atoms with Crippen molar-refractivity contribution in [3.05, 3.63) is 23.8 Å². The molecule has 138 valence electrons. The number of halogens is 1. The van der Waals surface area contributed by atoms with Crippen molar-refractivity contribution in [3.63, 3.8) is 0 Å². The SMILES string of the molecule is CCCOc1c(CN2CCC(N)C(C)(C)C2)cccc1OCC.Cl. The van der Waals surface area contributed by atoms with Crippen molar-refractivity contribution in [1.82, 2.24) is 4.90 Å². The molecule has 2 rings (SSSR count). The van der Waals surface area contributed by atoms with Gasteiger partial charge in [0, 0.05) is 31.2 Å². The van der Waals surface area contributed by atoms with Gasteiger partial charge in [-0.1, -0.05) is 32.9 Å². The number of nitrogens with two attached hydrogens (primary N) is 1. The molecule has 1 aliphatic rings. The van der Waals surface area contributed by atoms with Crippen molar-refractivity contribution in [1.29, 1.82) is 0 Å². The fourth-order valence-electron chi connectivity index (χ4n) is 3.18. The van der Waals surface area contributed by atoms with Crippen LogP contribution in [0.3, 0.4) is 0 Å². The minimum Gasteiger partial charge on any atom is -0.490 e. The molecule has 5 heteroatoms. The molecule has 0 spiro atoms. The van der Waals surface area contributed by atoms with Gasteiger partial charge in [0.25, 0.3) is 0 Å². The predicted molar refractivity (Wildman–Crippen MR) is 102 cm³/mol. The van der Waals surface area contributed by atoms with Crippen LogP contribution in [0.2, 0.25) is 0 Å².